The Morgan fingerprint density at radius 3 is 1.97 bits per heavy atom. The summed E-state index contributed by atoms with van der Waals surface area (Å²) in [6.45, 7) is 1.91. The lowest BCUT2D eigenvalue weighted by Crippen LogP contribution is -2.43. The summed E-state index contributed by atoms with van der Waals surface area (Å²) < 4.78 is 5.58. The van der Waals surface area contributed by atoms with Crippen molar-refractivity contribution in [2.75, 3.05) is 24.6 Å². The summed E-state index contributed by atoms with van der Waals surface area (Å²) in [5.74, 6) is 1.22. The van der Waals surface area contributed by atoms with Gasteiger partial charge in [-0.25, -0.2) is 4.79 Å². The van der Waals surface area contributed by atoms with Gasteiger partial charge in [-0.2, -0.15) is 0 Å². The first-order valence-electron chi connectivity index (χ1n) is 13.3. The average Bonchev–Trinajstić information content (AvgIpc) is 3.62. The number of Topliss-reactive ketones (excluding diaryl/α,β-unsaturated/α-hetero) is 1. The Bertz CT molecular complexity index is 1390. The molecule has 3 aromatic carbocycles. The highest BCUT2D eigenvalue weighted by Crippen LogP contribution is 2.53. The molecule has 4 atom stereocenters. The molecular weight excluding hydrogens is 458 g/mol. The molecule has 184 valence electrons. The molecule has 0 saturated carbocycles. The molecule has 0 spiro atoms. The third-order valence-electron chi connectivity index (χ3n) is 8.58. The van der Waals surface area contributed by atoms with E-state index < -0.39 is 5.97 Å². The maximum Gasteiger partial charge on any atom is 0.338 e. The molecule has 0 bridgehead atoms. The number of carbonyl (C=O) groups is 2. The number of nitrogens with zero attached hydrogens (tertiary/aromatic N) is 1. The molecule has 3 aromatic rings. The number of hydrogen-bond acceptors (Lipinski definition) is 4. The van der Waals surface area contributed by atoms with Crippen molar-refractivity contribution in [1.29, 1.82) is 0 Å². The molecule has 0 aromatic heterocycles. The Balaban J connectivity index is 1.12. The van der Waals surface area contributed by atoms with Crippen LogP contribution in [0.25, 0.3) is 11.1 Å². The Morgan fingerprint density at radius 2 is 1.35 bits per heavy atom. The number of allylic oxidation sites excluding steroid dienone is 4. The first-order chi connectivity index (χ1) is 18.2. The fraction of sp³-hybridized carbons (Fsp3) is 0.273. The molecule has 0 amide bonds. The first kappa shape index (κ1) is 22.3. The fourth-order valence-corrected chi connectivity index (χ4v) is 6.77. The van der Waals surface area contributed by atoms with Gasteiger partial charge in [0.2, 0.25) is 0 Å². The van der Waals surface area contributed by atoms with Gasteiger partial charge >= 0.3 is 5.97 Å². The van der Waals surface area contributed by atoms with Gasteiger partial charge in [-0.05, 0) is 59.1 Å². The van der Waals surface area contributed by atoms with Gasteiger partial charge in [0.05, 0.1) is 5.56 Å². The quantitative estimate of drug-likeness (QED) is 0.233. The zero-order chi connectivity index (χ0) is 24.9. The van der Waals surface area contributed by atoms with Gasteiger partial charge in [0, 0.05) is 36.2 Å². The van der Waals surface area contributed by atoms with Crippen LogP contribution in [0.2, 0.25) is 0 Å². The smallest absolute Gasteiger partial charge is 0.338 e. The van der Waals surface area contributed by atoms with Crippen LogP contribution in [-0.4, -0.2) is 31.4 Å². The van der Waals surface area contributed by atoms with Crippen molar-refractivity contribution in [3.63, 3.8) is 0 Å². The van der Waals surface area contributed by atoms with Gasteiger partial charge in [-0.1, -0.05) is 78.9 Å². The molecule has 37 heavy (non-hydrogen) atoms. The third kappa shape index (κ3) is 3.83. The topological polar surface area (TPSA) is 46.6 Å². The second-order valence-electron chi connectivity index (χ2n) is 10.8. The number of ketones is 1. The summed E-state index contributed by atoms with van der Waals surface area (Å²) in [7, 11) is 0. The normalized spacial score (nSPS) is 24.4. The van der Waals surface area contributed by atoms with Gasteiger partial charge in [-0.15, -0.1) is 0 Å². The maximum absolute atomic E-state index is 13.2. The van der Waals surface area contributed by atoms with E-state index in [1.807, 2.05) is 54.6 Å². The van der Waals surface area contributed by atoms with E-state index in [0.717, 1.165) is 37.1 Å². The van der Waals surface area contributed by atoms with E-state index in [1.165, 1.54) is 16.8 Å². The Kier molecular flexibility index (Phi) is 5.35. The van der Waals surface area contributed by atoms with Gasteiger partial charge in [0.1, 0.15) is 0 Å². The highest BCUT2D eigenvalue weighted by atomic mass is 16.5. The number of carbonyl (C=O) groups excluding carboxylic acids is 2. The zero-order valence-electron chi connectivity index (χ0n) is 20.7. The van der Waals surface area contributed by atoms with Crippen molar-refractivity contribution >= 4 is 17.4 Å². The number of ether oxygens (including phenoxy) is 1. The van der Waals surface area contributed by atoms with Crippen molar-refractivity contribution in [3.05, 3.63) is 113 Å². The second-order valence-corrected chi connectivity index (χ2v) is 10.8. The minimum atomic E-state index is -0.423. The number of hydrogen-bond donors (Lipinski definition) is 0. The predicted molar refractivity (Wildman–Crippen MR) is 145 cm³/mol. The minimum absolute atomic E-state index is 0.198. The summed E-state index contributed by atoms with van der Waals surface area (Å²) in [6, 6.07) is 21.6. The lowest BCUT2D eigenvalue weighted by Gasteiger charge is -2.46. The van der Waals surface area contributed by atoms with E-state index in [1.54, 1.807) is 12.1 Å². The van der Waals surface area contributed by atoms with Crippen LogP contribution in [-0.2, 0) is 4.74 Å². The van der Waals surface area contributed by atoms with Crippen molar-refractivity contribution in [3.8, 4) is 11.1 Å². The zero-order valence-corrected chi connectivity index (χ0v) is 20.7. The largest absolute Gasteiger partial charge is 0.454 e. The number of rotatable bonds is 5. The summed E-state index contributed by atoms with van der Waals surface area (Å²) >= 11 is 0. The maximum atomic E-state index is 13.2. The lowest BCUT2D eigenvalue weighted by atomic mass is 9.74. The van der Waals surface area contributed by atoms with Crippen molar-refractivity contribution < 1.29 is 14.3 Å². The molecule has 0 unspecified atom stereocenters. The Hall–Kier alpha value is -3.92. The molecule has 0 N–H and O–H groups in total. The van der Waals surface area contributed by atoms with Crippen molar-refractivity contribution in [2.45, 2.75) is 24.7 Å². The summed E-state index contributed by atoms with van der Waals surface area (Å²) in [4.78, 5) is 28.6. The monoisotopic (exact) mass is 487 g/mol. The summed E-state index contributed by atoms with van der Waals surface area (Å²) in [5.41, 5.74) is 7.06. The molecule has 4 aliphatic rings. The molecular formula is C33H29NO3. The van der Waals surface area contributed by atoms with Gasteiger partial charge < -0.3 is 9.64 Å². The van der Waals surface area contributed by atoms with Crippen LogP contribution in [0, 0.1) is 11.8 Å². The van der Waals surface area contributed by atoms with Crippen molar-refractivity contribution in [2.24, 2.45) is 11.8 Å². The van der Waals surface area contributed by atoms with E-state index >= 15 is 0 Å². The molecule has 2 aliphatic heterocycles. The lowest BCUT2D eigenvalue weighted by molar-refractivity contribution is 0.0474. The highest BCUT2D eigenvalue weighted by Gasteiger charge is 2.42. The molecule has 0 radical (unpaired) electrons. The van der Waals surface area contributed by atoms with Crippen LogP contribution in [0.5, 0.6) is 0 Å². The second kappa shape index (κ2) is 8.88. The van der Waals surface area contributed by atoms with Crippen LogP contribution < -0.4 is 4.90 Å². The van der Waals surface area contributed by atoms with Gasteiger partial charge in [-0.3, -0.25) is 4.79 Å². The van der Waals surface area contributed by atoms with Gasteiger partial charge in [0.15, 0.2) is 12.4 Å². The third-order valence-corrected chi connectivity index (χ3v) is 8.58. The van der Waals surface area contributed by atoms with Crippen LogP contribution in [0.15, 0.2) is 91.0 Å². The van der Waals surface area contributed by atoms with E-state index in [-0.39, 0.29) is 12.4 Å². The fourth-order valence-electron chi connectivity index (χ4n) is 6.77. The first-order valence-corrected chi connectivity index (χ1v) is 13.3. The summed E-state index contributed by atoms with van der Waals surface area (Å²) in [5, 5.41) is 0. The van der Waals surface area contributed by atoms with Crippen LogP contribution in [0.1, 0.15) is 56.5 Å². The molecule has 2 heterocycles. The van der Waals surface area contributed by atoms with E-state index in [0.29, 0.717) is 34.8 Å². The number of fused-ring (bicyclic) bond motifs is 4. The molecule has 2 aliphatic carbocycles. The van der Waals surface area contributed by atoms with E-state index in [2.05, 4.69) is 29.2 Å². The molecule has 4 heteroatoms. The molecule has 4 nitrogen and oxygen atoms in total. The minimum Gasteiger partial charge on any atom is -0.454 e. The molecule has 0 saturated heterocycles. The Labute approximate surface area is 217 Å². The van der Waals surface area contributed by atoms with E-state index in [4.69, 9.17) is 4.74 Å². The summed E-state index contributed by atoms with van der Waals surface area (Å²) in [6.07, 6.45) is 11.4. The predicted octanol–water partition coefficient (Wildman–Crippen LogP) is 6.55. The van der Waals surface area contributed by atoms with Crippen LogP contribution >= 0.6 is 0 Å². The van der Waals surface area contributed by atoms with Gasteiger partial charge in [0.25, 0.3) is 0 Å². The van der Waals surface area contributed by atoms with Crippen LogP contribution in [0.3, 0.4) is 0 Å². The van der Waals surface area contributed by atoms with Crippen molar-refractivity contribution in [1.82, 2.24) is 0 Å². The number of esters is 1. The van der Waals surface area contributed by atoms with E-state index in [9.17, 15) is 9.59 Å². The average molecular weight is 488 g/mol. The van der Waals surface area contributed by atoms with Crippen LogP contribution in [0.4, 0.5) is 5.69 Å². The molecule has 7 rings (SSSR count). The Morgan fingerprint density at radius 1 is 0.757 bits per heavy atom. The standard InChI is InChI=1S/C33H29NO3/c35-31(23-14-12-22(13-15-23)21-6-2-1-3-7-21)20-37-33(36)26-16-29-27-10-4-8-24(27)18-34-19-25-9-5-11-28(25)30(17-26)32(29)34/h1-7,10-17,24-25,27-28H,8-9,18-20H2/t24-,25-,27-,28+/m0/s1. The highest BCUT2D eigenvalue weighted by molar-refractivity contribution is 6.00. The number of anilines is 1. The number of benzene rings is 3. The SMILES string of the molecule is O=C(COC(=O)c1cc2c3c(c1)[C@@H]1C=CC[C@H]1CN3C[C@@H]1CC=C[C@H]21)c1ccc(-c2ccccc2)cc1. The molecule has 0 fully saturated rings.